The zero-order valence-electron chi connectivity index (χ0n) is 21.0. The standard InChI is InChI=1S/C27H30N2O7S/c1-4-19-5-10-24(25(17-19)34-2)36-27(31)28-14-11-21(12-15-28)35-22-13-16-29(26(30)18-22)20-6-8-23(9-7-20)37(3,32)33/h5-10,13,16-18,21H,4,11-12,14-15H2,1-3H3. The van der Waals surface area contributed by atoms with E-state index in [2.05, 4.69) is 0 Å². The Kier molecular flexibility index (Phi) is 7.87. The second-order valence-corrected chi connectivity index (χ2v) is 10.9. The number of carbonyl (C=O) groups is 1. The molecule has 1 aliphatic rings. The summed E-state index contributed by atoms with van der Waals surface area (Å²) in [5.74, 6) is 1.34. The van der Waals surface area contributed by atoms with E-state index in [1.165, 1.54) is 22.8 Å². The second-order valence-electron chi connectivity index (χ2n) is 8.85. The first-order valence-electron chi connectivity index (χ1n) is 12.0. The Balaban J connectivity index is 1.34. The van der Waals surface area contributed by atoms with Gasteiger partial charge in [0.1, 0.15) is 11.9 Å². The minimum absolute atomic E-state index is 0.147. The van der Waals surface area contributed by atoms with Crippen molar-refractivity contribution in [3.05, 3.63) is 76.7 Å². The summed E-state index contributed by atoms with van der Waals surface area (Å²) < 4.78 is 41.7. The molecule has 0 atom stereocenters. The number of aryl methyl sites for hydroxylation is 1. The van der Waals surface area contributed by atoms with Gasteiger partial charge in [0.25, 0.3) is 5.56 Å². The van der Waals surface area contributed by atoms with Crippen molar-refractivity contribution in [2.75, 3.05) is 26.5 Å². The van der Waals surface area contributed by atoms with E-state index in [4.69, 9.17) is 14.2 Å². The number of ether oxygens (including phenoxy) is 3. The summed E-state index contributed by atoms with van der Waals surface area (Å²) in [7, 11) is -1.77. The highest BCUT2D eigenvalue weighted by Crippen LogP contribution is 2.29. The highest BCUT2D eigenvalue weighted by atomic mass is 32.2. The number of sulfone groups is 1. The van der Waals surface area contributed by atoms with Gasteiger partial charge in [0.15, 0.2) is 21.3 Å². The number of amides is 1. The van der Waals surface area contributed by atoms with Crippen LogP contribution in [0, 0.1) is 0 Å². The van der Waals surface area contributed by atoms with Crippen LogP contribution in [0.15, 0.2) is 70.5 Å². The molecule has 0 aliphatic carbocycles. The van der Waals surface area contributed by atoms with Crippen LogP contribution in [-0.2, 0) is 16.3 Å². The van der Waals surface area contributed by atoms with Gasteiger partial charge in [0.05, 0.1) is 12.0 Å². The van der Waals surface area contributed by atoms with Crippen molar-refractivity contribution in [3.8, 4) is 22.9 Å². The Hall–Kier alpha value is -3.79. The van der Waals surface area contributed by atoms with Crippen molar-refractivity contribution in [2.24, 2.45) is 0 Å². The van der Waals surface area contributed by atoms with Gasteiger partial charge in [-0.25, -0.2) is 13.2 Å². The van der Waals surface area contributed by atoms with Crippen LogP contribution in [0.5, 0.6) is 17.2 Å². The Bertz CT molecular complexity index is 1420. The number of hydrogen-bond donors (Lipinski definition) is 0. The number of likely N-dealkylation sites (tertiary alicyclic amines) is 1. The molecular formula is C27H30N2O7S. The zero-order valence-corrected chi connectivity index (χ0v) is 21.9. The molecule has 4 rings (SSSR count). The lowest BCUT2D eigenvalue weighted by molar-refractivity contribution is 0.0924. The van der Waals surface area contributed by atoms with E-state index in [1.807, 2.05) is 19.1 Å². The van der Waals surface area contributed by atoms with Gasteiger partial charge in [0, 0.05) is 50.1 Å². The van der Waals surface area contributed by atoms with Crippen molar-refractivity contribution in [1.29, 1.82) is 0 Å². The summed E-state index contributed by atoms with van der Waals surface area (Å²) in [6.45, 7) is 2.96. The molecule has 0 spiro atoms. The molecule has 37 heavy (non-hydrogen) atoms. The number of piperidine rings is 1. The molecule has 3 aromatic rings. The van der Waals surface area contributed by atoms with Gasteiger partial charge in [-0.15, -0.1) is 0 Å². The zero-order chi connectivity index (χ0) is 26.6. The lowest BCUT2D eigenvalue weighted by Gasteiger charge is -2.31. The average Bonchev–Trinajstić information content (AvgIpc) is 2.89. The number of carbonyl (C=O) groups excluding carboxylic acids is 1. The molecule has 1 aromatic heterocycles. The van der Waals surface area contributed by atoms with Gasteiger partial charge in [-0.2, -0.15) is 0 Å². The van der Waals surface area contributed by atoms with E-state index in [1.54, 1.807) is 42.5 Å². The van der Waals surface area contributed by atoms with E-state index in [0.717, 1.165) is 18.2 Å². The number of methoxy groups -OCH3 is 1. The molecule has 1 amide bonds. The summed E-state index contributed by atoms with van der Waals surface area (Å²) >= 11 is 0. The molecule has 10 heteroatoms. The van der Waals surface area contributed by atoms with E-state index < -0.39 is 15.9 Å². The Labute approximate surface area is 216 Å². The van der Waals surface area contributed by atoms with Crippen molar-refractivity contribution in [1.82, 2.24) is 9.47 Å². The third kappa shape index (κ3) is 6.32. The van der Waals surface area contributed by atoms with Crippen LogP contribution in [-0.4, -0.2) is 56.5 Å². The lowest BCUT2D eigenvalue weighted by atomic mass is 10.1. The normalized spacial score (nSPS) is 14.3. The summed E-state index contributed by atoms with van der Waals surface area (Å²) in [6.07, 6.45) is 4.18. The molecule has 1 fully saturated rings. The predicted molar refractivity (Wildman–Crippen MR) is 139 cm³/mol. The Morgan fingerprint density at radius 3 is 2.30 bits per heavy atom. The molecule has 196 valence electrons. The fourth-order valence-electron chi connectivity index (χ4n) is 4.12. The van der Waals surface area contributed by atoms with E-state index >= 15 is 0 Å². The van der Waals surface area contributed by atoms with Crippen LogP contribution in [0.2, 0.25) is 0 Å². The first-order valence-corrected chi connectivity index (χ1v) is 13.9. The first-order chi connectivity index (χ1) is 17.7. The monoisotopic (exact) mass is 526 g/mol. The van der Waals surface area contributed by atoms with Crippen LogP contribution < -0.4 is 19.8 Å². The number of aromatic nitrogens is 1. The number of pyridine rings is 1. The molecule has 9 nitrogen and oxygen atoms in total. The third-order valence-corrected chi connectivity index (χ3v) is 7.40. The maximum absolute atomic E-state index is 12.7. The predicted octanol–water partition coefficient (Wildman–Crippen LogP) is 3.85. The number of hydrogen-bond acceptors (Lipinski definition) is 7. The molecule has 2 aromatic carbocycles. The van der Waals surface area contributed by atoms with Crippen LogP contribution in [0.4, 0.5) is 4.79 Å². The van der Waals surface area contributed by atoms with Crippen LogP contribution in [0.1, 0.15) is 25.3 Å². The Morgan fingerprint density at radius 1 is 1.00 bits per heavy atom. The number of rotatable bonds is 7. The molecule has 0 bridgehead atoms. The summed E-state index contributed by atoms with van der Waals surface area (Å²) in [5.41, 5.74) is 1.34. The van der Waals surface area contributed by atoms with Crippen LogP contribution in [0.25, 0.3) is 5.69 Å². The van der Waals surface area contributed by atoms with Gasteiger partial charge in [0.2, 0.25) is 0 Å². The van der Waals surface area contributed by atoms with Gasteiger partial charge < -0.3 is 19.1 Å². The number of benzene rings is 2. The Morgan fingerprint density at radius 2 is 1.70 bits per heavy atom. The summed E-state index contributed by atoms with van der Waals surface area (Å²) in [5, 5.41) is 0. The fourth-order valence-corrected chi connectivity index (χ4v) is 4.76. The third-order valence-electron chi connectivity index (χ3n) is 6.27. The first kappa shape index (κ1) is 26.3. The molecule has 1 saturated heterocycles. The molecular weight excluding hydrogens is 496 g/mol. The van der Waals surface area contributed by atoms with Crippen molar-refractivity contribution < 1.29 is 27.4 Å². The maximum atomic E-state index is 12.7. The molecule has 1 aliphatic heterocycles. The SMILES string of the molecule is CCc1ccc(OC(=O)N2CCC(Oc3ccn(-c4ccc(S(C)(=O)=O)cc4)c(=O)c3)CC2)c(OC)c1. The maximum Gasteiger partial charge on any atom is 0.415 e. The highest BCUT2D eigenvalue weighted by Gasteiger charge is 2.26. The second kappa shape index (κ2) is 11.1. The highest BCUT2D eigenvalue weighted by molar-refractivity contribution is 7.90. The molecule has 2 heterocycles. The minimum Gasteiger partial charge on any atom is -0.493 e. The molecule has 0 N–H and O–H groups in total. The fraction of sp³-hybridized carbons (Fsp3) is 0.333. The summed E-state index contributed by atoms with van der Waals surface area (Å²) in [4.78, 5) is 27.2. The van der Waals surface area contributed by atoms with Gasteiger partial charge in [-0.1, -0.05) is 13.0 Å². The van der Waals surface area contributed by atoms with Crippen LogP contribution >= 0.6 is 0 Å². The van der Waals surface area contributed by atoms with Crippen LogP contribution in [0.3, 0.4) is 0 Å². The quantitative estimate of drug-likeness (QED) is 0.461. The van der Waals surface area contributed by atoms with Crippen molar-refractivity contribution in [2.45, 2.75) is 37.2 Å². The molecule has 0 radical (unpaired) electrons. The molecule has 0 saturated carbocycles. The largest absolute Gasteiger partial charge is 0.493 e. The van der Waals surface area contributed by atoms with Gasteiger partial charge in [-0.05, 0) is 54.4 Å². The molecule has 0 unspecified atom stereocenters. The van der Waals surface area contributed by atoms with Crippen molar-refractivity contribution >= 4 is 15.9 Å². The summed E-state index contributed by atoms with van der Waals surface area (Å²) in [6, 6.07) is 14.7. The minimum atomic E-state index is -3.31. The van der Waals surface area contributed by atoms with E-state index in [9.17, 15) is 18.0 Å². The topological polar surface area (TPSA) is 104 Å². The lowest BCUT2D eigenvalue weighted by Crippen LogP contribution is -2.43. The van der Waals surface area contributed by atoms with E-state index in [0.29, 0.717) is 48.9 Å². The van der Waals surface area contributed by atoms with Crippen molar-refractivity contribution in [3.63, 3.8) is 0 Å². The number of nitrogens with zero attached hydrogens (tertiary/aromatic N) is 2. The smallest absolute Gasteiger partial charge is 0.415 e. The van der Waals surface area contributed by atoms with Gasteiger partial charge >= 0.3 is 6.09 Å². The van der Waals surface area contributed by atoms with E-state index in [-0.39, 0.29) is 16.6 Å². The average molecular weight is 527 g/mol. The van der Waals surface area contributed by atoms with Gasteiger partial charge in [-0.3, -0.25) is 9.36 Å².